The van der Waals surface area contributed by atoms with Gasteiger partial charge in [-0.25, -0.2) is 8.78 Å². The van der Waals surface area contributed by atoms with E-state index in [1.54, 1.807) is 20.4 Å². The fourth-order valence-electron chi connectivity index (χ4n) is 3.11. The van der Waals surface area contributed by atoms with Crippen LogP contribution in [0.1, 0.15) is 16.8 Å². The molecule has 0 N–H and O–H groups in total. The monoisotopic (exact) mass is 384 g/mol. The lowest BCUT2D eigenvalue weighted by atomic mass is 10.1. The number of nitrogens with zero attached hydrogens (tertiary/aromatic N) is 2. The summed E-state index contributed by atoms with van der Waals surface area (Å²) < 4.78 is 39.3. The van der Waals surface area contributed by atoms with Gasteiger partial charge in [0, 0.05) is 37.0 Å². The molecule has 28 heavy (non-hydrogen) atoms. The van der Waals surface area contributed by atoms with Crippen LogP contribution in [0.15, 0.2) is 60.8 Å². The molecule has 0 spiro atoms. The summed E-state index contributed by atoms with van der Waals surface area (Å²) in [5, 5.41) is 0. The molecule has 0 saturated carbocycles. The molecule has 0 aliphatic heterocycles. The van der Waals surface area contributed by atoms with Gasteiger partial charge in [-0.05, 0) is 30.3 Å². The lowest BCUT2D eigenvalue weighted by molar-refractivity contribution is 0.232. The zero-order valence-corrected chi connectivity index (χ0v) is 15.9. The minimum absolute atomic E-state index is 0.0281. The van der Waals surface area contributed by atoms with Gasteiger partial charge in [0.25, 0.3) is 0 Å². The number of hydrogen-bond acceptors (Lipinski definition) is 4. The Labute approximate surface area is 163 Å². The Morgan fingerprint density at radius 3 is 2.21 bits per heavy atom. The Balaban J connectivity index is 1.93. The topological polar surface area (TPSA) is 34.6 Å². The molecule has 0 unspecified atom stereocenters. The predicted molar refractivity (Wildman–Crippen MR) is 103 cm³/mol. The number of aromatic nitrogens is 1. The van der Waals surface area contributed by atoms with E-state index in [4.69, 9.17) is 9.47 Å². The molecule has 2 aromatic carbocycles. The third-order valence-corrected chi connectivity index (χ3v) is 4.43. The average Bonchev–Trinajstić information content (AvgIpc) is 2.71. The number of halogens is 2. The van der Waals surface area contributed by atoms with Crippen LogP contribution in [-0.2, 0) is 19.6 Å². The van der Waals surface area contributed by atoms with E-state index in [2.05, 4.69) is 4.98 Å². The molecular formula is C22H22F2N2O2. The molecule has 0 bridgehead atoms. The van der Waals surface area contributed by atoms with Crippen LogP contribution in [0, 0.1) is 11.6 Å². The van der Waals surface area contributed by atoms with Gasteiger partial charge in [0.2, 0.25) is 0 Å². The molecule has 146 valence electrons. The lowest BCUT2D eigenvalue weighted by Crippen LogP contribution is -2.24. The molecule has 0 atom stereocenters. The largest absolute Gasteiger partial charge is 0.493 e. The molecule has 0 aliphatic carbocycles. The molecule has 3 aromatic rings. The number of rotatable bonds is 8. The molecule has 3 rings (SSSR count). The maximum atomic E-state index is 14.2. The number of methoxy groups -OCH3 is 2. The second kappa shape index (κ2) is 9.28. The molecule has 0 fully saturated rings. The molecule has 0 saturated heterocycles. The van der Waals surface area contributed by atoms with Crippen molar-refractivity contribution in [2.24, 2.45) is 0 Å². The zero-order valence-electron chi connectivity index (χ0n) is 15.9. The van der Waals surface area contributed by atoms with Crippen LogP contribution in [0.2, 0.25) is 0 Å². The van der Waals surface area contributed by atoms with E-state index in [0.717, 1.165) is 11.3 Å². The van der Waals surface area contributed by atoms with Gasteiger partial charge in [-0.3, -0.25) is 9.88 Å². The second-order valence-corrected chi connectivity index (χ2v) is 6.32. The summed E-state index contributed by atoms with van der Waals surface area (Å²) in [5.74, 6) is 0.0761. The summed E-state index contributed by atoms with van der Waals surface area (Å²) in [5.41, 5.74) is 1.69. The highest BCUT2D eigenvalue weighted by Crippen LogP contribution is 2.32. The van der Waals surface area contributed by atoms with Crippen molar-refractivity contribution in [2.75, 3.05) is 14.2 Å². The van der Waals surface area contributed by atoms with Crippen LogP contribution < -0.4 is 9.47 Å². The predicted octanol–water partition coefficient (Wildman–Crippen LogP) is 4.58. The van der Waals surface area contributed by atoms with E-state index >= 15 is 0 Å². The summed E-state index contributed by atoms with van der Waals surface area (Å²) in [6, 6.07) is 15.1. The van der Waals surface area contributed by atoms with Crippen molar-refractivity contribution in [2.45, 2.75) is 19.6 Å². The van der Waals surface area contributed by atoms with Gasteiger partial charge in [-0.15, -0.1) is 0 Å². The third kappa shape index (κ3) is 4.64. The second-order valence-electron chi connectivity index (χ2n) is 6.32. The molecule has 4 nitrogen and oxygen atoms in total. The molecule has 0 radical (unpaired) electrons. The van der Waals surface area contributed by atoms with Gasteiger partial charge in [-0.1, -0.05) is 24.3 Å². The highest BCUT2D eigenvalue weighted by Gasteiger charge is 2.18. The van der Waals surface area contributed by atoms with Crippen LogP contribution in [0.3, 0.4) is 0 Å². The minimum Gasteiger partial charge on any atom is -0.493 e. The number of ether oxygens (including phenoxy) is 2. The van der Waals surface area contributed by atoms with E-state index in [0.29, 0.717) is 24.6 Å². The van der Waals surface area contributed by atoms with Gasteiger partial charge < -0.3 is 9.47 Å². The zero-order chi connectivity index (χ0) is 19.9. The highest BCUT2D eigenvalue weighted by molar-refractivity contribution is 5.46. The smallest absolute Gasteiger partial charge is 0.165 e. The number of pyridine rings is 1. The maximum Gasteiger partial charge on any atom is 0.165 e. The van der Waals surface area contributed by atoms with Crippen LogP contribution in [0.4, 0.5) is 8.78 Å². The SMILES string of the molecule is COc1cccc(CN(Cc2ccccn2)Cc2c(F)cccc2F)c1OC. The van der Waals surface area contributed by atoms with Gasteiger partial charge >= 0.3 is 0 Å². The summed E-state index contributed by atoms with van der Waals surface area (Å²) >= 11 is 0. The standard InChI is InChI=1S/C22H22F2N2O2/c1-27-21-11-5-7-16(22(21)28-2)13-26(14-17-8-3-4-12-25-17)15-18-19(23)9-6-10-20(18)24/h3-12H,13-15H2,1-2H3. The molecular weight excluding hydrogens is 362 g/mol. The Kier molecular flexibility index (Phi) is 6.55. The van der Waals surface area contributed by atoms with Crippen LogP contribution in [0.5, 0.6) is 11.5 Å². The number of para-hydroxylation sites is 1. The maximum absolute atomic E-state index is 14.2. The Morgan fingerprint density at radius 1 is 0.821 bits per heavy atom. The lowest BCUT2D eigenvalue weighted by Gasteiger charge is -2.24. The first-order valence-electron chi connectivity index (χ1n) is 8.87. The Bertz CT molecular complexity index is 899. The average molecular weight is 384 g/mol. The van der Waals surface area contributed by atoms with Gasteiger partial charge in [0.05, 0.1) is 19.9 Å². The van der Waals surface area contributed by atoms with E-state index in [1.807, 2.05) is 41.3 Å². The normalized spacial score (nSPS) is 10.9. The Hall–Kier alpha value is -2.99. The first-order chi connectivity index (χ1) is 13.6. The first kappa shape index (κ1) is 19.8. The number of hydrogen-bond donors (Lipinski definition) is 0. The van der Waals surface area contributed by atoms with E-state index in [9.17, 15) is 8.78 Å². The fourth-order valence-corrected chi connectivity index (χ4v) is 3.11. The van der Waals surface area contributed by atoms with E-state index in [1.165, 1.54) is 18.2 Å². The van der Waals surface area contributed by atoms with Gasteiger partial charge in [0.1, 0.15) is 11.6 Å². The molecule has 1 heterocycles. The molecule has 6 heteroatoms. The van der Waals surface area contributed by atoms with Gasteiger partial charge in [0.15, 0.2) is 11.5 Å². The molecule has 1 aromatic heterocycles. The highest BCUT2D eigenvalue weighted by atomic mass is 19.1. The van der Waals surface area contributed by atoms with Crippen LogP contribution in [-0.4, -0.2) is 24.1 Å². The molecule has 0 aliphatic rings. The first-order valence-corrected chi connectivity index (χ1v) is 8.87. The quantitative estimate of drug-likeness (QED) is 0.569. The minimum atomic E-state index is -0.566. The van der Waals surface area contributed by atoms with Crippen molar-refractivity contribution in [1.29, 1.82) is 0 Å². The Morgan fingerprint density at radius 2 is 1.57 bits per heavy atom. The van der Waals surface area contributed by atoms with Crippen molar-refractivity contribution in [3.63, 3.8) is 0 Å². The third-order valence-electron chi connectivity index (χ3n) is 4.43. The van der Waals surface area contributed by atoms with E-state index in [-0.39, 0.29) is 12.1 Å². The van der Waals surface area contributed by atoms with Crippen LogP contribution >= 0.6 is 0 Å². The van der Waals surface area contributed by atoms with Crippen LogP contribution in [0.25, 0.3) is 0 Å². The molecule has 0 amide bonds. The fraction of sp³-hybridized carbons (Fsp3) is 0.227. The summed E-state index contributed by atoms with van der Waals surface area (Å²) in [4.78, 5) is 6.26. The van der Waals surface area contributed by atoms with Crippen molar-refractivity contribution >= 4 is 0 Å². The van der Waals surface area contributed by atoms with Crippen molar-refractivity contribution < 1.29 is 18.3 Å². The summed E-state index contributed by atoms with van der Waals surface area (Å²) in [6.07, 6.45) is 1.70. The van der Waals surface area contributed by atoms with Crippen molar-refractivity contribution in [1.82, 2.24) is 9.88 Å². The summed E-state index contributed by atoms with van der Waals surface area (Å²) in [7, 11) is 3.14. The van der Waals surface area contributed by atoms with Gasteiger partial charge in [-0.2, -0.15) is 0 Å². The number of benzene rings is 2. The van der Waals surface area contributed by atoms with E-state index < -0.39 is 11.6 Å². The van der Waals surface area contributed by atoms with Crippen molar-refractivity contribution in [3.05, 3.63) is 89.2 Å². The summed E-state index contributed by atoms with van der Waals surface area (Å²) in [6.45, 7) is 0.926. The van der Waals surface area contributed by atoms with Crippen molar-refractivity contribution in [3.8, 4) is 11.5 Å².